The second kappa shape index (κ2) is 8.17. The van der Waals surface area contributed by atoms with E-state index in [0.717, 1.165) is 25.2 Å². The number of hydrogen-bond acceptors (Lipinski definition) is 3. The van der Waals surface area contributed by atoms with Crippen molar-refractivity contribution in [2.45, 2.75) is 25.3 Å². The normalized spacial score (nSPS) is 15.9. The van der Waals surface area contributed by atoms with Gasteiger partial charge in [0.05, 0.1) is 12.5 Å². The Balaban J connectivity index is 1.76. The summed E-state index contributed by atoms with van der Waals surface area (Å²) in [7, 11) is 1.91. The molecule has 25 heavy (non-hydrogen) atoms. The number of nitrogens with two attached hydrogens (primary N) is 1. The van der Waals surface area contributed by atoms with Crippen LogP contribution in [0.4, 0.5) is 5.69 Å². The Morgan fingerprint density at radius 3 is 2.40 bits per heavy atom. The predicted molar refractivity (Wildman–Crippen MR) is 102 cm³/mol. The van der Waals surface area contributed by atoms with Crippen molar-refractivity contribution in [2.75, 3.05) is 32.4 Å². The second-order valence-corrected chi connectivity index (χ2v) is 6.81. The number of nitrogen functional groups attached to an aromatic ring is 1. The van der Waals surface area contributed by atoms with Gasteiger partial charge in [-0.15, -0.1) is 0 Å². The number of likely N-dealkylation sites (N-methyl/N-ethyl adjacent to an activating group) is 1. The molecule has 2 aromatic carbocycles. The quantitative estimate of drug-likeness (QED) is 0.824. The molecule has 132 valence electrons. The van der Waals surface area contributed by atoms with Crippen LogP contribution >= 0.6 is 0 Å². The minimum absolute atomic E-state index is 0.0664. The molecule has 0 aromatic heterocycles. The van der Waals surface area contributed by atoms with Gasteiger partial charge in [0.1, 0.15) is 0 Å². The molecule has 3 rings (SSSR count). The van der Waals surface area contributed by atoms with Gasteiger partial charge in [-0.1, -0.05) is 48.5 Å². The second-order valence-electron chi connectivity index (χ2n) is 6.81. The summed E-state index contributed by atoms with van der Waals surface area (Å²) in [4.78, 5) is 17.3. The highest BCUT2D eigenvalue weighted by Gasteiger charge is 2.25. The van der Waals surface area contributed by atoms with Crippen LogP contribution in [0.1, 0.15) is 30.0 Å². The third kappa shape index (κ3) is 4.40. The molecule has 0 radical (unpaired) electrons. The first-order chi connectivity index (χ1) is 12.1. The van der Waals surface area contributed by atoms with Crippen molar-refractivity contribution < 1.29 is 4.79 Å². The van der Waals surface area contributed by atoms with E-state index in [0.29, 0.717) is 12.1 Å². The van der Waals surface area contributed by atoms with Crippen LogP contribution in [-0.2, 0) is 11.2 Å². The van der Waals surface area contributed by atoms with E-state index in [1.807, 2.05) is 54.4 Å². The summed E-state index contributed by atoms with van der Waals surface area (Å²) >= 11 is 0. The molecule has 0 spiro atoms. The number of amides is 1. The Labute approximate surface area is 150 Å². The van der Waals surface area contributed by atoms with Gasteiger partial charge in [-0.3, -0.25) is 4.79 Å². The third-order valence-electron chi connectivity index (χ3n) is 5.07. The number of likely N-dealkylation sites (tertiary alicyclic amines) is 1. The molecule has 0 bridgehead atoms. The van der Waals surface area contributed by atoms with Gasteiger partial charge in [0.15, 0.2) is 0 Å². The van der Waals surface area contributed by atoms with Gasteiger partial charge < -0.3 is 15.5 Å². The molecule has 1 atom stereocenters. The monoisotopic (exact) mass is 337 g/mol. The van der Waals surface area contributed by atoms with E-state index in [2.05, 4.69) is 17.0 Å². The molecule has 0 saturated carbocycles. The predicted octanol–water partition coefficient (Wildman–Crippen LogP) is 3.11. The van der Waals surface area contributed by atoms with Gasteiger partial charge in [-0.2, -0.15) is 0 Å². The minimum atomic E-state index is 0.0664. The zero-order chi connectivity index (χ0) is 17.6. The zero-order valence-electron chi connectivity index (χ0n) is 14.9. The molecule has 0 aliphatic carbocycles. The molecular weight excluding hydrogens is 310 g/mol. The van der Waals surface area contributed by atoms with Gasteiger partial charge in [-0.05, 0) is 43.1 Å². The van der Waals surface area contributed by atoms with E-state index in [9.17, 15) is 4.79 Å². The summed E-state index contributed by atoms with van der Waals surface area (Å²) in [6.07, 6.45) is 2.84. The van der Waals surface area contributed by atoms with E-state index in [4.69, 9.17) is 5.73 Å². The number of anilines is 1. The van der Waals surface area contributed by atoms with Crippen LogP contribution in [0.2, 0.25) is 0 Å². The highest BCUT2D eigenvalue weighted by molar-refractivity contribution is 5.80. The Bertz CT molecular complexity index is 695. The van der Waals surface area contributed by atoms with E-state index >= 15 is 0 Å². The Hall–Kier alpha value is -2.33. The van der Waals surface area contributed by atoms with E-state index in [-0.39, 0.29) is 11.9 Å². The SMILES string of the molecule is CN(C(=O)Cc1ccccc1N)[C@H](CN1CCCC1)c1ccccc1. The van der Waals surface area contributed by atoms with Gasteiger partial charge in [0.25, 0.3) is 0 Å². The lowest BCUT2D eigenvalue weighted by molar-refractivity contribution is -0.131. The number of para-hydroxylation sites is 1. The maximum absolute atomic E-state index is 12.9. The first-order valence-corrected chi connectivity index (χ1v) is 9.01. The first kappa shape index (κ1) is 17.5. The van der Waals surface area contributed by atoms with E-state index < -0.39 is 0 Å². The topological polar surface area (TPSA) is 49.6 Å². The number of carbonyl (C=O) groups is 1. The van der Waals surface area contributed by atoms with Crippen LogP contribution < -0.4 is 5.73 Å². The molecule has 4 nitrogen and oxygen atoms in total. The summed E-state index contributed by atoms with van der Waals surface area (Å²) in [6.45, 7) is 3.13. The average Bonchev–Trinajstić information content (AvgIpc) is 3.15. The van der Waals surface area contributed by atoms with Gasteiger partial charge in [0.2, 0.25) is 5.91 Å². The molecule has 4 heteroatoms. The third-order valence-corrected chi connectivity index (χ3v) is 5.07. The van der Waals surface area contributed by atoms with E-state index in [1.54, 1.807) is 0 Å². The smallest absolute Gasteiger partial charge is 0.227 e. The Kier molecular flexibility index (Phi) is 5.71. The zero-order valence-corrected chi connectivity index (χ0v) is 14.9. The Morgan fingerprint density at radius 1 is 1.08 bits per heavy atom. The largest absolute Gasteiger partial charge is 0.398 e. The van der Waals surface area contributed by atoms with E-state index in [1.165, 1.54) is 18.4 Å². The molecule has 1 amide bonds. The lowest BCUT2D eigenvalue weighted by Gasteiger charge is -2.32. The molecule has 1 aliphatic heterocycles. The number of carbonyl (C=O) groups excluding carboxylic acids is 1. The van der Waals surface area contributed by atoms with Crippen LogP contribution in [0.25, 0.3) is 0 Å². The molecule has 1 aliphatic rings. The minimum Gasteiger partial charge on any atom is -0.398 e. The lowest BCUT2D eigenvalue weighted by atomic mass is 10.0. The Morgan fingerprint density at radius 2 is 1.72 bits per heavy atom. The highest BCUT2D eigenvalue weighted by Crippen LogP contribution is 2.24. The van der Waals surface area contributed by atoms with Gasteiger partial charge in [-0.25, -0.2) is 0 Å². The fourth-order valence-corrected chi connectivity index (χ4v) is 3.49. The van der Waals surface area contributed by atoms with Crippen LogP contribution in [-0.4, -0.2) is 42.4 Å². The number of rotatable bonds is 6. The molecular formula is C21H27N3O. The van der Waals surface area contributed by atoms with Gasteiger partial charge in [0, 0.05) is 19.3 Å². The van der Waals surface area contributed by atoms with Crippen LogP contribution in [0, 0.1) is 0 Å². The molecule has 2 N–H and O–H groups in total. The standard InChI is InChI=1S/C21H27N3O/c1-23(21(25)15-18-11-5-6-12-19(18)22)20(16-24-13-7-8-14-24)17-9-3-2-4-10-17/h2-6,9-12,20H,7-8,13-16,22H2,1H3/t20-/m1/s1. The maximum atomic E-state index is 12.9. The lowest BCUT2D eigenvalue weighted by Crippen LogP contribution is -2.39. The van der Waals surface area contributed by atoms with Crippen molar-refractivity contribution in [1.82, 2.24) is 9.80 Å². The van der Waals surface area contributed by atoms with Crippen LogP contribution in [0.15, 0.2) is 54.6 Å². The summed E-state index contributed by atoms with van der Waals surface area (Å²) < 4.78 is 0. The summed E-state index contributed by atoms with van der Waals surface area (Å²) in [6, 6.07) is 18.0. The van der Waals surface area contributed by atoms with Crippen molar-refractivity contribution >= 4 is 11.6 Å². The molecule has 1 heterocycles. The van der Waals surface area contributed by atoms with Gasteiger partial charge >= 0.3 is 0 Å². The van der Waals surface area contributed by atoms with Crippen molar-refractivity contribution in [2.24, 2.45) is 0 Å². The van der Waals surface area contributed by atoms with Crippen molar-refractivity contribution in [3.05, 3.63) is 65.7 Å². The molecule has 2 aromatic rings. The molecule has 1 saturated heterocycles. The first-order valence-electron chi connectivity index (χ1n) is 9.01. The van der Waals surface area contributed by atoms with Crippen LogP contribution in [0.3, 0.4) is 0 Å². The fraction of sp³-hybridized carbons (Fsp3) is 0.381. The van der Waals surface area contributed by atoms with Crippen molar-refractivity contribution in [3.63, 3.8) is 0 Å². The van der Waals surface area contributed by atoms with Crippen LogP contribution in [0.5, 0.6) is 0 Å². The number of benzene rings is 2. The summed E-state index contributed by atoms with van der Waals surface area (Å²) in [5.41, 5.74) is 8.77. The number of nitrogens with zero attached hydrogens (tertiary/aromatic N) is 2. The molecule has 0 unspecified atom stereocenters. The highest BCUT2D eigenvalue weighted by atomic mass is 16.2. The summed E-state index contributed by atoms with van der Waals surface area (Å²) in [5.74, 6) is 0.103. The molecule has 1 fully saturated rings. The number of hydrogen-bond donors (Lipinski definition) is 1. The van der Waals surface area contributed by atoms with Crippen molar-refractivity contribution in [3.8, 4) is 0 Å². The maximum Gasteiger partial charge on any atom is 0.227 e. The average molecular weight is 337 g/mol. The fourth-order valence-electron chi connectivity index (χ4n) is 3.49. The van der Waals surface area contributed by atoms with Crippen molar-refractivity contribution in [1.29, 1.82) is 0 Å². The summed E-state index contributed by atoms with van der Waals surface area (Å²) in [5, 5.41) is 0.